The van der Waals surface area contributed by atoms with E-state index in [1.54, 1.807) is 54.6 Å². The van der Waals surface area contributed by atoms with Crippen LogP contribution in [0.15, 0.2) is 304 Å². The van der Waals surface area contributed by atoms with Gasteiger partial charge in [-0.05, 0) is 169 Å². The van der Waals surface area contributed by atoms with E-state index in [1.807, 2.05) is 106 Å². The topological polar surface area (TPSA) is 114 Å². The van der Waals surface area contributed by atoms with Crippen molar-refractivity contribution in [1.82, 2.24) is 32.4 Å². The van der Waals surface area contributed by atoms with E-state index in [9.17, 15) is 68.5 Å². The molecule has 0 bridgehead atoms. The first-order valence-electron chi connectivity index (χ1n) is 41.9. The van der Waals surface area contributed by atoms with Crippen LogP contribution < -0.4 is 0 Å². The van der Waals surface area contributed by atoms with Gasteiger partial charge in [-0.1, -0.05) is 133 Å². The van der Waals surface area contributed by atoms with Crippen LogP contribution in [0.4, 0.5) is 105 Å². The van der Waals surface area contributed by atoms with Gasteiger partial charge < -0.3 is 27.4 Å². The van der Waals surface area contributed by atoms with Gasteiger partial charge in [0, 0.05) is 87.1 Å². The predicted molar refractivity (Wildman–Crippen MR) is 482 cm³/mol. The van der Waals surface area contributed by atoms with Gasteiger partial charge in [0.2, 0.25) is 0 Å². The van der Waals surface area contributed by atoms with E-state index < -0.39 is 139 Å². The van der Waals surface area contributed by atoms with Crippen molar-refractivity contribution in [1.29, 1.82) is 15.8 Å². The molecule has 0 aliphatic heterocycles. The molecule has 0 radical (unpaired) electrons. The third-order valence-electron chi connectivity index (χ3n) is 25.3. The summed E-state index contributed by atoms with van der Waals surface area (Å²) in [7, 11) is 0. The first kappa shape index (κ1) is 89.6. The molecule has 692 valence electrons. The van der Waals surface area contributed by atoms with Gasteiger partial charge >= 0.3 is 49.4 Å². The molecule has 0 unspecified atom stereocenters. The van der Waals surface area contributed by atoms with Crippen molar-refractivity contribution in [3.05, 3.63) is 365 Å². The lowest BCUT2D eigenvalue weighted by Crippen LogP contribution is -2.12. The summed E-state index contributed by atoms with van der Waals surface area (Å²) in [5.74, 6) is 0. The van der Waals surface area contributed by atoms with Gasteiger partial charge in [-0.25, -0.2) is 0 Å². The van der Waals surface area contributed by atoms with E-state index in [2.05, 4.69) is 17.1 Å². The van der Waals surface area contributed by atoms with Crippen molar-refractivity contribution in [2.45, 2.75) is 49.4 Å². The summed E-state index contributed by atoms with van der Waals surface area (Å²) < 4.78 is 358. The molecule has 0 aliphatic carbocycles. The molecule has 22 rings (SSSR count). The second-order valence-electron chi connectivity index (χ2n) is 33.1. The fourth-order valence-corrected chi connectivity index (χ4v) is 19.3. The standard InChI is InChI=1S/C72H36F12N6.C34H14F12N4/c73-69(74,75)41-21-25-49-50-26-22-42(70(76,77)78)34-62(50)89(61(49)33-41)67-56(38-86)55(37-85)65(39-19-29-59-53(31-39)47-15-7-9-17-57(47)87(59)45-11-3-1-4-12-45)68(90-63-35-43(71(79,80)81)23-27-51(63)52-28-24-44(36-64(52)90)72(82,83)84)66(67)40-20-30-60-54(32-40)48-16-8-10-18-58(48)88(60)46-13-5-2-6-14-46;35-31(36,37)16-1-5-20-21-6-2-17(32(38,39)40)10-26(21)49(25(20)9-16)29-14-48-15-30(24(29)13-47)50-27-11-18(33(41,42)43)3-7-22(27)23-8-4-19(12-28(23)50)34(44,45)46/h1-36H;1-12,14-15H. The van der Waals surface area contributed by atoms with Gasteiger partial charge in [-0.15, -0.1) is 0 Å². The summed E-state index contributed by atoms with van der Waals surface area (Å²) in [4.78, 5) is 4.04. The van der Waals surface area contributed by atoms with Crippen LogP contribution in [0, 0.1) is 34.0 Å². The Balaban J connectivity index is 0.000000197. The molecule has 0 saturated heterocycles. The Morgan fingerprint density at radius 2 is 0.429 bits per heavy atom. The lowest BCUT2D eigenvalue weighted by Gasteiger charge is -2.26. The molecule has 34 heteroatoms. The molecule has 0 N–H and O–H groups in total. The van der Waals surface area contributed by atoms with Crippen molar-refractivity contribution in [2.75, 3.05) is 0 Å². The van der Waals surface area contributed by atoms with E-state index in [4.69, 9.17) is 0 Å². The average molecular weight is 1920 g/mol. The Morgan fingerprint density at radius 1 is 0.193 bits per heavy atom. The van der Waals surface area contributed by atoms with E-state index in [1.165, 1.54) is 0 Å². The molecule has 0 atom stereocenters. The van der Waals surface area contributed by atoms with Crippen LogP contribution in [-0.2, 0) is 49.4 Å². The highest BCUT2D eigenvalue weighted by molar-refractivity contribution is 6.19. The lowest BCUT2D eigenvalue weighted by molar-refractivity contribution is -0.138. The monoisotopic (exact) mass is 1920 g/mol. The molecule has 10 nitrogen and oxygen atoms in total. The number of nitrogens with zero attached hydrogens (tertiary/aromatic N) is 10. The van der Waals surface area contributed by atoms with Crippen molar-refractivity contribution < 1.29 is 105 Å². The Labute approximate surface area is 769 Å². The molecule has 22 aromatic rings. The number of rotatable bonds is 8. The zero-order valence-electron chi connectivity index (χ0n) is 70.4. The number of pyridine rings is 1. The number of alkyl halides is 24. The minimum Gasteiger partial charge on any atom is -0.309 e. The van der Waals surface area contributed by atoms with Crippen LogP contribution in [0.1, 0.15) is 61.2 Å². The number of halogens is 24. The number of para-hydroxylation sites is 4. The van der Waals surface area contributed by atoms with Gasteiger partial charge in [0.25, 0.3) is 0 Å². The van der Waals surface area contributed by atoms with Crippen LogP contribution >= 0.6 is 0 Å². The number of benzene rings is 15. The SMILES string of the molecule is N#Cc1c(-n2c3cc(C(F)(F)F)ccc3c3ccc(C(F)(F)F)cc32)cncc1-n1c2cc(C(F)(F)F)ccc2c2ccc(C(F)(F)F)cc21.N#Cc1c(C#N)c(-n2c3cc(C(F)(F)F)ccc3c3ccc(C(F)(F)F)cc32)c(-c2ccc3c(c2)c2ccccc2n3-c2ccccc2)c(-n2c3cc(C(F)(F)F)ccc3c3ccc(C(F)(F)F)cc32)c1-c1ccc2c(c1)c1ccccc1n2-c1ccccc1. The first-order valence-corrected chi connectivity index (χ1v) is 41.9. The lowest BCUT2D eigenvalue weighted by atomic mass is 9.85. The summed E-state index contributed by atoms with van der Waals surface area (Å²) in [5, 5.41) is 36.9. The van der Waals surface area contributed by atoms with Gasteiger partial charge in [-0.3, -0.25) is 4.98 Å². The summed E-state index contributed by atoms with van der Waals surface area (Å²) in [6.07, 6.45) is -38.0. The third kappa shape index (κ3) is 14.5. The number of aromatic nitrogens is 7. The smallest absolute Gasteiger partial charge is 0.309 e. The number of hydrogen-bond donors (Lipinski definition) is 0. The van der Waals surface area contributed by atoms with Crippen molar-refractivity contribution in [3.8, 4) is 74.6 Å². The molecule has 0 fully saturated rings. The molecule has 140 heavy (non-hydrogen) atoms. The quantitative estimate of drug-likeness (QED) is 0.141. The molecule has 0 amide bonds. The Kier molecular flexibility index (Phi) is 20.2. The van der Waals surface area contributed by atoms with E-state index in [0.29, 0.717) is 85.7 Å². The fourth-order valence-electron chi connectivity index (χ4n) is 19.3. The number of hydrogen-bond acceptors (Lipinski definition) is 4. The maximum absolute atomic E-state index is 15.4. The predicted octanol–water partition coefficient (Wildman–Crippen LogP) is 32.5. The van der Waals surface area contributed by atoms with Crippen LogP contribution in [-0.4, -0.2) is 32.4 Å². The fraction of sp³-hybridized carbons (Fsp3) is 0.0755. The zero-order chi connectivity index (χ0) is 98.6. The Morgan fingerprint density at radius 3 is 0.700 bits per heavy atom. The van der Waals surface area contributed by atoms with Gasteiger partial charge in [0.1, 0.15) is 23.8 Å². The summed E-state index contributed by atoms with van der Waals surface area (Å²) in [5.41, 5.74) is -12.4. The molecule has 0 aliphatic rings. The third-order valence-corrected chi connectivity index (χ3v) is 25.3. The Hall–Kier alpha value is -17.0. The summed E-state index contributed by atoms with van der Waals surface area (Å²) in [6, 6.07) is 68.8. The maximum atomic E-state index is 15.4. The van der Waals surface area contributed by atoms with E-state index >= 15 is 52.7 Å². The number of nitriles is 3. The molecule has 7 aromatic heterocycles. The second kappa shape index (κ2) is 31.6. The summed E-state index contributed by atoms with van der Waals surface area (Å²) in [6.45, 7) is 0. The van der Waals surface area contributed by atoms with E-state index in [0.717, 1.165) is 146 Å². The highest BCUT2D eigenvalue weighted by atomic mass is 19.4. The maximum Gasteiger partial charge on any atom is 0.416 e. The Bertz CT molecular complexity index is 8710. The van der Waals surface area contributed by atoms with Gasteiger partial charge in [-0.2, -0.15) is 121 Å². The molecule has 15 aromatic carbocycles. The van der Waals surface area contributed by atoms with Crippen LogP contribution in [0.5, 0.6) is 0 Å². The molecule has 0 saturated carbocycles. The van der Waals surface area contributed by atoms with Gasteiger partial charge in [0.05, 0.1) is 157 Å². The zero-order valence-corrected chi connectivity index (χ0v) is 70.4. The molecule has 7 heterocycles. The highest BCUT2D eigenvalue weighted by Gasteiger charge is 2.43. The largest absolute Gasteiger partial charge is 0.416 e. The number of fused-ring (bicyclic) bond motifs is 18. The highest BCUT2D eigenvalue weighted by Crippen LogP contribution is 2.55. The first-order chi connectivity index (χ1) is 66.4. The van der Waals surface area contributed by atoms with Crippen LogP contribution in [0.3, 0.4) is 0 Å². The summed E-state index contributed by atoms with van der Waals surface area (Å²) >= 11 is 0. The minimum absolute atomic E-state index is 0.0164. The van der Waals surface area contributed by atoms with Crippen molar-refractivity contribution in [3.63, 3.8) is 0 Å². The van der Waals surface area contributed by atoms with Crippen LogP contribution in [0.25, 0.3) is 187 Å². The normalized spacial score (nSPS) is 12.8. The molecular weight excluding hydrogens is 1870 g/mol. The average Bonchev–Trinajstić information content (AvgIpc) is 1.52. The van der Waals surface area contributed by atoms with Crippen molar-refractivity contribution in [2.24, 2.45) is 0 Å². The molecule has 0 spiro atoms. The van der Waals surface area contributed by atoms with Crippen molar-refractivity contribution >= 4 is 131 Å². The minimum atomic E-state index is -5.09. The van der Waals surface area contributed by atoms with E-state index in [-0.39, 0.29) is 104 Å². The van der Waals surface area contributed by atoms with Crippen LogP contribution in [0.2, 0.25) is 0 Å². The van der Waals surface area contributed by atoms with Gasteiger partial charge in [0.15, 0.2) is 0 Å². The second-order valence-corrected chi connectivity index (χ2v) is 33.1. The molecular formula is C106H50F24N10.